The van der Waals surface area contributed by atoms with Gasteiger partial charge in [0.2, 0.25) is 5.88 Å². The van der Waals surface area contributed by atoms with Crippen molar-refractivity contribution in [1.82, 2.24) is 34.4 Å². The third-order valence-corrected chi connectivity index (χ3v) is 5.29. The molecular weight excluding hydrogens is 370 g/mol. The van der Waals surface area contributed by atoms with Gasteiger partial charge in [0.25, 0.3) is 5.91 Å². The number of rotatable bonds is 6. The van der Waals surface area contributed by atoms with Crippen molar-refractivity contribution in [3.63, 3.8) is 0 Å². The van der Waals surface area contributed by atoms with E-state index in [2.05, 4.69) is 24.8 Å². The predicted molar refractivity (Wildman–Crippen MR) is 106 cm³/mol. The number of likely N-dealkylation sites (tertiary alicyclic amines) is 1. The Balaban J connectivity index is 1.41. The normalized spacial score (nSPS) is 14.9. The zero-order chi connectivity index (χ0) is 20.2. The number of pyridine rings is 1. The van der Waals surface area contributed by atoms with Gasteiger partial charge in [-0.3, -0.25) is 9.48 Å². The van der Waals surface area contributed by atoms with Gasteiger partial charge in [-0.15, -0.1) is 10.2 Å². The number of aromatic nitrogens is 6. The van der Waals surface area contributed by atoms with Gasteiger partial charge in [0.1, 0.15) is 17.9 Å². The minimum absolute atomic E-state index is 0.0302. The number of ether oxygens (including phenoxy) is 1. The van der Waals surface area contributed by atoms with Crippen molar-refractivity contribution in [2.24, 2.45) is 7.05 Å². The summed E-state index contributed by atoms with van der Waals surface area (Å²) in [4.78, 5) is 19.0. The second-order valence-electron chi connectivity index (χ2n) is 7.09. The van der Waals surface area contributed by atoms with E-state index in [0.717, 1.165) is 24.5 Å². The highest BCUT2D eigenvalue weighted by Gasteiger charge is 2.29. The van der Waals surface area contributed by atoms with E-state index in [0.29, 0.717) is 37.7 Å². The maximum Gasteiger partial charge on any atom is 0.259 e. The minimum atomic E-state index is -0.0302. The summed E-state index contributed by atoms with van der Waals surface area (Å²) in [5, 5.41) is 13.0. The highest BCUT2D eigenvalue weighted by molar-refractivity contribution is 5.96. The summed E-state index contributed by atoms with van der Waals surface area (Å²) in [6.45, 7) is 4.30. The molecule has 1 fully saturated rings. The molecule has 0 bridgehead atoms. The third kappa shape index (κ3) is 3.98. The van der Waals surface area contributed by atoms with Crippen molar-refractivity contribution in [2.45, 2.75) is 32.2 Å². The van der Waals surface area contributed by atoms with Gasteiger partial charge in [-0.05, 0) is 38.0 Å². The van der Waals surface area contributed by atoms with Gasteiger partial charge < -0.3 is 14.2 Å². The van der Waals surface area contributed by atoms with Crippen LogP contribution in [0.25, 0.3) is 0 Å². The second kappa shape index (κ2) is 8.42. The van der Waals surface area contributed by atoms with Crippen molar-refractivity contribution < 1.29 is 9.53 Å². The van der Waals surface area contributed by atoms with Gasteiger partial charge in [-0.2, -0.15) is 5.10 Å². The SMILES string of the molecule is CCOc1ncccc1C(=O)N1CCC(c2nnc(Cn3cccn3)n2C)CC1. The fourth-order valence-corrected chi connectivity index (χ4v) is 3.72. The van der Waals surface area contributed by atoms with Crippen LogP contribution in [0.4, 0.5) is 0 Å². The molecule has 0 N–H and O–H groups in total. The number of amides is 1. The predicted octanol–water partition coefficient (Wildman–Crippen LogP) is 1.87. The highest BCUT2D eigenvalue weighted by atomic mass is 16.5. The molecule has 0 aromatic carbocycles. The lowest BCUT2D eigenvalue weighted by Gasteiger charge is -2.31. The molecule has 9 heteroatoms. The Morgan fingerprint density at radius 2 is 2.03 bits per heavy atom. The van der Waals surface area contributed by atoms with Crippen LogP contribution in [0.2, 0.25) is 0 Å². The van der Waals surface area contributed by atoms with E-state index in [1.807, 2.05) is 35.8 Å². The highest BCUT2D eigenvalue weighted by Crippen LogP contribution is 2.28. The summed E-state index contributed by atoms with van der Waals surface area (Å²) in [6.07, 6.45) is 7.01. The average molecular weight is 395 g/mol. The standard InChI is InChI=1S/C20H25N7O2/c1-3-29-19-16(6-4-9-21-19)20(28)26-12-7-15(8-13-26)18-24-23-17(25(18)2)14-27-11-5-10-22-27/h4-6,9-11,15H,3,7-8,12-14H2,1-2H3. The van der Waals surface area contributed by atoms with Crippen molar-refractivity contribution in [3.8, 4) is 5.88 Å². The van der Waals surface area contributed by atoms with Crippen LogP contribution in [0, 0.1) is 0 Å². The third-order valence-electron chi connectivity index (χ3n) is 5.29. The van der Waals surface area contributed by atoms with Crippen LogP contribution in [0.5, 0.6) is 5.88 Å². The summed E-state index contributed by atoms with van der Waals surface area (Å²) in [5.74, 6) is 2.49. The smallest absolute Gasteiger partial charge is 0.259 e. The molecule has 1 saturated heterocycles. The first-order valence-corrected chi connectivity index (χ1v) is 9.90. The Morgan fingerprint density at radius 1 is 1.21 bits per heavy atom. The summed E-state index contributed by atoms with van der Waals surface area (Å²) in [5.41, 5.74) is 0.521. The number of hydrogen-bond acceptors (Lipinski definition) is 6. The van der Waals surface area contributed by atoms with E-state index >= 15 is 0 Å². The molecule has 9 nitrogen and oxygen atoms in total. The van der Waals surface area contributed by atoms with Gasteiger partial charge in [0, 0.05) is 44.6 Å². The van der Waals surface area contributed by atoms with Crippen LogP contribution in [-0.4, -0.2) is 60.0 Å². The Labute approximate surface area is 169 Å². The van der Waals surface area contributed by atoms with Gasteiger partial charge in [-0.1, -0.05) is 0 Å². The van der Waals surface area contributed by atoms with Crippen LogP contribution in [0.15, 0.2) is 36.8 Å². The first-order chi connectivity index (χ1) is 14.2. The molecule has 0 unspecified atom stereocenters. The van der Waals surface area contributed by atoms with Crippen LogP contribution < -0.4 is 4.74 Å². The lowest BCUT2D eigenvalue weighted by atomic mass is 9.95. The van der Waals surface area contributed by atoms with Crippen molar-refractivity contribution in [1.29, 1.82) is 0 Å². The number of carbonyl (C=O) groups excluding carboxylic acids is 1. The molecule has 1 aliphatic rings. The largest absolute Gasteiger partial charge is 0.477 e. The molecule has 4 heterocycles. The molecule has 0 atom stereocenters. The minimum Gasteiger partial charge on any atom is -0.477 e. The molecule has 29 heavy (non-hydrogen) atoms. The van der Waals surface area contributed by atoms with Crippen molar-refractivity contribution in [3.05, 3.63) is 54.0 Å². The zero-order valence-electron chi connectivity index (χ0n) is 16.7. The van der Waals surface area contributed by atoms with E-state index < -0.39 is 0 Å². The van der Waals surface area contributed by atoms with Crippen molar-refractivity contribution in [2.75, 3.05) is 19.7 Å². The fourth-order valence-electron chi connectivity index (χ4n) is 3.72. The van der Waals surface area contributed by atoms with Crippen LogP contribution >= 0.6 is 0 Å². The van der Waals surface area contributed by atoms with E-state index in [9.17, 15) is 4.79 Å². The zero-order valence-corrected chi connectivity index (χ0v) is 16.7. The number of carbonyl (C=O) groups is 1. The van der Waals surface area contributed by atoms with Gasteiger partial charge >= 0.3 is 0 Å². The van der Waals surface area contributed by atoms with Crippen LogP contribution in [-0.2, 0) is 13.6 Å². The molecule has 0 aliphatic carbocycles. The van der Waals surface area contributed by atoms with Crippen LogP contribution in [0.3, 0.4) is 0 Å². The molecule has 0 radical (unpaired) electrons. The molecule has 3 aromatic rings. The molecule has 4 rings (SSSR count). The average Bonchev–Trinajstić information content (AvgIpc) is 3.39. The topological polar surface area (TPSA) is 91.0 Å². The lowest BCUT2D eigenvalue weighted by Crippen LogP contribution is -2.38. The molecule has 0 saturated carbocycles. The maximum atomic E-state index is 13.0. The summed E-state index contributed by atoms with van der Waals surface area (Å²) >= 11 is 0. The van der Waals surface area contributed by atoms with Crippen LogP contribution in [0.1, 0.15) is 47.7 Å². The first kappa shape index (κ1) is 19.1. The van der Waals surface area contributed by atoms with Gasteiger partial charge in [0.15, 0.2) is 5.82 Å². The monoisotopic (exact) mass is 395 g/mol. The Kier molecular flexibility index (Phi) is 5.55. The quantitative estimate of drug-likeness (QED) is 0.633. The van der Waals surface area contributed by atoms with Gasteiger partial charge in [-0.25, -0.2) is 4.98 Å². The Morgan fingerprint density at radius 3 is 2.76 bits per heavy atom. The molecule has 1 amide bonds. The number of hydrogen-bond donors (Lipinski definition) is 0. The number of nitrogens with zero attached hydrogens (tertiary/aromatic N) is 7. The molecular formula is C20H25N7O2. The summed E-state index contributed by atoms with van der Waals surface area (Å²) < 4.78 is 9.40. The Bertz CT molecular complexity index is 959. The summed E-state index contributed by atoms with van der Waals surface area (Å²) in [7, 11) is 2.00. The van der Waals surface area contributed by atoms with E-state index in [4.69, 9.17) is 4.74 Å². The van der Waals surface area contributed by atoms with Crippen molar-refractivity contribution >= 4 is 5.91 Å². The van der Waals surface area contributed by atoms with Gasteiger partial charge in [0.05, 0.1) is 6.61 Å². The van der Waals surface area contributed by atoms with E-state index in [-0.39, 0.29) is 11.8 Å². The molecule has 152 valence electrons. The summed E-state index contributed by atoms with van der Waals surface area (Å²) in [6, 6.07) is 5.43. The molecule has 0 spiro atoms. The maximum absolute atomic E-state index is 13.0. The molecule has 3 aromatic heterocycles. The fraction of sp³-hybridized carbons (Fsp3) is 0.450. The number of piperidine rings is 1. The Hall–Kier alpha value is -3.23. The second-order valence-corrected chi connectivity index (χ2v) is 7.09. The first-order valence-electron chi connectivity index (χ1n) is 9.90. The molecule has 1 aliphatic heterocycles. The van der Waals surface area contributed by atoms with E-state index in [1.165, 1.54) is 0 Å². The van der Waals surface area contributed by atoms with E-state index in [1.54, 1.807) is 24.5 Å². The lowest BCUT2D eigenvalue weighted by molar-refractivity contribution is 0.0705.